The molecule has 31 heavy (non-hydrogen) atoms. The fourth-order valence-electron chi connectivity index (χ4n) is 3.76. The Kier molecular flexibility index (Phi) is 7.88. The number of rotatable bonds is 7. The molecule has 0 aromatic heterocycles. The van der Waals surface area contributed by atoms with Crippen LogP contribution in [-0.4, -0.2) is 71.2 Å². The van der Waals surface area contributed by atoms with Crippen molar-refractivity contribution in [2.75, 3.05) is 32.4 Å². The molecule has 1 fully saturated rings. The van der Waals surface area contributed by atoms with E-state index in [9.17, 15) is 26.4 Å². The molecular formula is C20H31N3O6S2. The number of likely N-dealkylation sites (tertiary alicyclic amines) is 1. The summed E-state index contributed by atoms with van der Waals surface area (Å²) in [5.74, 6) is -1.55. The van der Waals surface area contributed by atoms with Crippen molar-refractivity contribution in [2.24, 2.45) is 0 Å². The number of amides is 2. The van der Waals surface area contributed by atoms with Crippen LogP contribution in [0.15, 0.2) is 11.0 Å². The van der Waals surface area contributed by atoms with Gasteiger partial charge in [0.2, 0.25) is 21.8 Å². The zero-order valence-electron chi connectivity index (χ0n) is 18.6. The summed E-state index contributed by atoms with van der Waals surface area (Å²) in [6.45, 7) is 7.15. The number of hydrogen-bond donors (Lipinski definition) is 2. The first-order valence-electron chi connectivity index (χ1n) is 10.1. The van der Waals surface area contributed by atoms with Gasteiger partial charge in [-0.05, 0) is 62.8 Å². The number of nitrogens with one attached hydrogen (secondary N) is 2. The molecule has 0 spiro atoms. The quantitative estimate of drug-likeness (QED) is 0.588. The lowest BCUT2D eigenvalue weighted by atomic mass is 10.0. The minimum absolute atomic E-state index is 0.191. The monoisotopic (exact) mass is 473 g/mol. The van der Waals surface area contributed by atoms with Crippen molar-refractivity contribution in [1.29, 1.82) is 0 Å². The fourth-order valence-corrected chi connectivity index (χ4v) is 7.02. The normalized spacial score (nSPS) is 15.7. The minimum atomic E-state index is -3.89. The maximum absolute atomic E-state index is 12.9. The number of hydrogen-bond acceptors (Lipinski definition) is 6. The van der Waals surface area contributed by atoms with Crippen LogP contribution < -0.4 is 10.0 Å². The maximum Gasteiger partial charge on any atom is 0.241 e. The first kappa shape index (κ1) is 25.3. The predicted octanol–water partition coefficient (Wildman–Crippen LogP) is 0.350. The second-order valence-corrected chi connectivity index (χ2v) is 12.0. The zero-order chi connectivity index (χ0) is 23.6. The highest BCUT2D eigenvalue weighted by Crippen LogP contribution is 2.26. The average Bonchev–Trinajstić information content (AvgIpc) is 2.70. The number of sulfonamides is 1. The number of sulfone groups is 1. The van der Waals surface area contributed by atoms with Crippen LogP contribution in [0.1, 0.15) is 35.1 Å². The molecule has 1 aliphatic rings. The van der Waals surface area contributed by atoms with Gasteiger partial charge in [0.15, 0.2) is 9.84 Å². The standard InChI is InChI=1S/C20H31N3O6S2/c1-13-10-14(2)16(4)20(15(13)3)31(28,29)22-11-19(25)23-8-6-17(7-9-23)30(26,27)12-18(24)21-5/h10,17,22H,6-9,11-12H2,1-5H3,(H,21,24). The molecule has 1 aromatic rings. The number of carbonyl (C=O) groups is 2. The number of carbonyl (C=O) groups excluding carboxylic acids is 2. The van der Waals surface area contributed by atoms with Crippen molar-refractivity contribution in [3.63, 3.8) is 0 Å². The Balaban J connectivity index is 2.01. The Morgan fingerprint density at radius 3 is 2.00 bits per heavy atom. The van der Waals surface area contributed by atoms with Gasteiger partial charge in [0.1, 0.15) is 5.75 Å². The summed E-state index contributed by atoms with van der Waals surface area (Å²) >= 11 is 0. The third-order valence-electron chi connectivity index (χ3n) is 5.89. The van der Waals surface area contributed by atoms with Crippen LogP contribution in [0.2, 0.25) is 0 Å². The number of nitrogens with zero attached hydrogens (tertiary/aromatic N) is 1. The SMILES string of the molecule is CNC(=O)CS(=O)(=O)C1CCN(C(=O)CNS(=O)(=O)c2c(C)c(C)cc(C)c2C)CC1. The van der Waals surface area contributed by atoms with Crippen LogP contribution in [-0.2, 0) is 29.4 Å². The van der Waals surface area contributed by atoms with Gasteiger partial charge in [0, 0.05) is 20.1 Å². The lowest BCUT2D eigenvalue weighted by Gasteiger charge is -2.31. The number of piperidine rings is 1. The molecule has 1 saturated heterocycles. The molecule has 0 unspecified atom stereocenters. The smallest absolute Gasteiger partial charge is 0.241 e. The number of benzene rings is 1. The van der Waals surface area contributed by atoms with Crippen molar-refractivity contribution < 1.29 is 26.4 Å². The highest BCUT2D eigenvalue weighted by Gasteiger charge is 2.33. The molecule has 0 saturated carbocycles. The van der Waals surface area contributed by atoms with E-state index in [-0.39, 0.29) is 30.8 Å². The summed E-state index contributed by atoms with van der Waals surface area (Å²) in [7, 11) is -6.11. The van der Waals surface area contributed by atoms with Crippen molar-refractivity contribution in [2.45, 2.75) is 50.7 Å². The molecule has 0 aliphatic carbocycles. The third-order valence-corrected chi connectivity index (χ3v) is 9.72. The van der Waals surface area contributed by atoms with Gasteiger partial charge < -0.3 is 10.2 Å². The van der Waals surface area contributed by atoms with E-state index < -0.39 is 49.2 Å². The van der Waals surface area contributed by atoms with Crippen molar-refractivity contribution in [3.8, 4) is 0 Å². The molecule has 1 aliphatic heterocycles. The topological polar surface area (TPSA) is 130 Å². The van der Waals surface area contributed by atoms with Gasteiger partial charge in [0.25, 0.3) is 0 Å². The Labute approximate surface area is 184 Å². The molecule has 0 radical (unpaired) electrons. The molecule has 0 atom stereocenters. The molecule has 174 valence electrons. The Hall–Kier alpha value is -1.98. The Morgan fingerprint density at radius 1 is 1.00 bits per heavy atom. The summed E-state index contributed by atoms with van der Waals surface area (Å²) in [5.41, 5.74) is 3.00. The number of aryl methyl sites for hydroxylation is 2. The summed E-state index contributed by atoms with van der Waals surface area (Å²) in [6, 6.07) is 1.93. The van der Waals surface area contributed by atoms with Crippen LogP contribution in [0.25, 0.3) is 0 Å². The molecule has 2 rings (SSSR count). The van der Waals surface area contributed by atoms with Gasteiger partial charge in [-0.1, -0.05) is 6.07 Å². The van der Waals surface area contributed by atoms with Crippen LogP contribution >= 0.6 is 0 Å². The average molecular weight is 474 g/mol. The van der Waals surface area contributed by atoms with E-state index in [0.717, 1.165) is 11.1 Å². The van der Waals surface area contributed by atoms with Crippen LogP contribution in [0, 0.1) is 27.7 Å². The molecule has 9 nitrogen and oxygen atoms in total. The molecule has 11 heteroatoms. The lowest BCUT2D eigenvalue weighted by Crippen LogP contribution is -2.47. The fraction of sp³-hybridized carbons (Fsp3) is 0.600. The summed E-state index contributed by atoms with van der Waals surface area (Å²) in [4.78, 5) is 25.6. The van der Waals surface area contributed by atoms with Gasteiger partial charge >= 0.3 is 0 Å². The first-order chi connectivity index (χ1) is 14.3. The van der Waals surface area contributed by atoms with E-state index in [1.165, 1.54) is 11.9 Å². The van der Waals surface area contributed by atoms with E-state index in [2.05, 4.69) is 10.0 Å². The molecule has 2 amide bonds. The van der Waals surface area contributed by atoms with Crippen LogP contribution in [0.4, 0.5) is 0 Å². The van der Waals surface area contributed by atoms with Gasteiger partial charge in [-0.25, -0.2) is 21.6 Å². The predicted molar refractivity (Wildman–Crippen MR) is 118 cm³/mol. The van der Waals surface area contributed by atoms with Crippen molar-refractivity contribution >= 4 is 31.7 Å². The first-order valence-corrected chi connectivity index (χ1v) is 13.3. The molecule has 0 bridgehead atoms. The second-order valence-electron chi connectivity index (χ2n) is 7.97. The van der Waals surface area contributed by atoms with Gasteiger partial charge in [-0.3, -0.25) is 9.59 Å². The summed E-state index contributed by atoms with van der Waals surface area (Å²) in [5, 5.41) is 1.61. The summed E-state index contributed by atoms with van der Waals surface area (Å²) < 4.78 is 52.8. The zero-order valence-corrected chi connectivity index (χ0v) is 20.2. The van der Waals surface area contributed by atoms with Crippen LogP contribution in [0.3, 0.4) is 0 Å². The highest BCUT2D eigenvalue weighted by atomic mass is 32.2. The van der Waals surface area contributed by atoms with E-state index in [4.69, 9.17) is 0 Å². The Morgan fingerprint density at radius 2 is 1.52 bits per heavy atom. The third kappa shape index (κ3) is 5.83. The van der Waals surface area contributed by atoms with E-state index in [1.54, 1.807) is 13.8 Å². The molecule has 2 N–H and O–H groups in total. The van der Waals surface area contributed by atoms with Crippen LogP contribution in [0.5, 0.6) is 0 Å². The van der Waals surface area contributed by atoms with E-state index in [1.807, 2.05) is 19.9 Å². The molecule has 1 aromatic carbocycles. The van der Waals surface area contributed by atoms with Crippen molar-refractivity contribution in [3.05, 3.63) is 28.3 Å². The second kappa shape index (κ2) is 9.66. The largest absolute Gasteiger partial charge is 0.358 e. The van der Waals surface area contributed by atoms with Crippen molar-refractivity contribution in [1.82, 2.24) is 14.9 Å². The molecular weight excluding hydrogens is 442 g/mol. The van der Waals surface area contributed by atoms with E-state index in [0.29, 0.717) is 11.1 Å². The lowest BCUT2D eigenvalue weighted by molar-refractivity contribution is -0.130. The summed E-state index contributed by atoms with van der Waals surface area (Å²) in [6.07, 6.45) is 0.431. The highest BCUT2D eigenvalue weighted by molar-refractivity contribution is 7.92. The van der Waals surface area contributed by atoms with Gasteiger partial charge in [-0.2, -0.15) is 0 Å². The Bertz CT molecular complexity index is 1050. The van der Waals surface area contributed by atoms with E-state index >= 15 is 0 Å². The van der Waals surface area contributed by atoms with Gasteiger partial charge in [-0.15, -0.1) is 0 Å². The minimum Gasteiger partial charge on any atom is -0.358 e. The molecule has 1 heterocycles. The van der Waals surface area contributed by atoms with Gasteiger partial charge in [0.05, 0.1) is 16.7 Å². The maximum atomic E-state index is 12.9.